The predicted molar refractivity (Wildman–Crippen MR) is 136 cm³/mol. The number of anilines is 1. The molecule has 1 heterocycles. The summed E-state index contributed by atoms with van der Waals surface area (Å²) in [4.78, 5) is 25.7. The Kier molecular flexibility index (Phi) is 5.74. The van der Waals surface area contributed by atoms with E-state index in [4.69, 9.17) is 16.1 Å². The van der Waals surface area contributed by atoms with E-state index in [1.165, 1.54) is 0 Å². The fraction of sp³-hybridized carbons (Fsp3) is 0.250. The number of halogens is 1. The SMILES string of the molecule is Cc1ccc(C(O)(CC2(c3ccccc3Cl)CC2)C(=O)Nc2ccc3c(=O)onc(C)c3c2)cc1. The molecule has 6 nitrogen and oxygen atoms in total. The van der Waals surface area contributed by atoms with Crippen LogP contribution in [0.3, 0.4) is 0 Å². The van der Waals surface area contributed by atoms with Gasteiger partial charge in [-0.05, 0) is 68.5 Å². The molecule has 1 saturated carbocycles. The first-order valence-electron chi connectivity index (χ1n) is 11.5. The molecule has 2 N–H and O–H groups in total. The molecular weight excluding hydrogens is 464 g/mol. The van der Waals surface area contributed by atoms with Gasteiger partial charge in [-0.2, -0.15) is 0 Å². The fourth-order valence-electron chi connectivity index (χ4n) is 4.76. The maximum Gasteiger partial charge on any atom is 0.366 e. The van der Waals surface area contributed by atoms with Crippen LogP contribution in [0.25, 0.3) is 10.8 Å². The number of hydrogen-bond acceptors (Lipinski definition) is 5. The quantitative estimate of drug-likeness (QED) is 0.378. The van der Waals surface area contributed by atoms with Gasteiger partial charge in [-0.3, -0.25) is 4.79 Å². The summed E-state index contributed by atoms with van der Waals surface area (Å²) in [6.07, 6.45) is 1.85. The number of hydrogen-bond donors (Lipinski definition) is 2. The van der Waals surface area contributed by atoms with Gasteiger partial charge >= 0.3 is 5.63 Å². The van der Waals surface area contributed by atoms with Crippen molar-refractivity contribution in [1.29, 1.82) is 0 Å². The summed E-state index contributed by atoms with van der Waals surface area (Å²) < 4.78 is 4.78. The van der Waals surface area contributed by atoms with Crippen molar-refractivity contribution < 1.29 is 14.4 Å². The molecule has 0 saturated heterocycles. The van der Waals surface area contributed by atoms with Crippen molar-refractivity contribution in [2.75, 3.05) is 5.32 Å². The van der Waals surface area contributed by atoms with E-state index in [9.17, 15) is 14.7 Å². The van der Waals surface area contributed by atoms with E-state index >= 15 is 0 Å². The molecule has 0 spiro atoms. The standard InChI is InChI=1S/C28H25ClN2O4/c1-17-7-9-19(10-8-17)28(34,16-27(13-14-27)23-5-3-4-6-24(23)29)26(33)30-20-11-12-21-22(15-20)18(2)31-35-25(21)32/h3-12,15,34H,13-14,16H2,1-2H3,(H,30,33). The maximum absolute atomic E-state index is 13.7. The van der Waals surface area contributed by atoms with Crippen LogP contribution in [0, 0.1) is 13.8 Å². The number of nitrogens with one attached hydrogen (secondary N) is 1. The molecule has 0 radical (unpaired) electrons. The van der Waals surface area contributed by atoms with E-state index in [2.05, 4.69) is 10.5 Å². The molecule has 35 heavy (non-hydrogen) atoms. The van der Waals surface area contributed by atoms with Crippen LogP contribution in [0.2, 0.25) is 5.02 Å². The van der Waals surface area contributed by atoms with Crippen LogP contribution < -0.4 is 10.9 Å². The van der Waals surface area contributed by atoms with Crippen LogP contribution in [0.5, 0.6) is 0 Å². The van der Waals surface area contributed by atoms with Gasteiger partial charge in [0.1, 0.15) is 0 Å². The Morgan fingerprint density at radius 3 is 2.49 bits per heavy atom. The molecule has 1 fully saturated rings. The monoisotopic (exact) mass is 488 g/mol. The van der Waals surface area contributed by atoms with Crippen molar-refractivity contribution in [2.45, 2.75) is 44.1 Å². The first-order chi connectivity index (χ1) is 16.7. The largest absolute Gasteiger partial charge is 0.375 e. The number of fused-ring (bicyclic) bond motifs is 1. The van der Waals surface area contributed by atoms with Crippen LogP contribution in [-0.2, 0) is 15.8 Å². The van der Waals surface area contributed by atoms with Crippen LogP contribution in [0.1, 0.15) is 41.6 Å². The lowest BCUT2D eigenvalue weighted by molar-refractivity contribution is -0.136. The molecule has 0 bridgehead atoms. The average Bonchev–Trinajstić information content (AvgIpc) is 3.62. The molecule has 3 aromatic carbocycles. The number of aryl methyl sites for hydroxylation is 2. The lowest BCUT2D eigenvalue weighted by Crippen LogP contribution is -2.43. The number of aliphatic hydroxyl groups is 1. The zero-order chi connectivity index (χ0) is 24.8. The number of nitrogens with zero attached hydrogens (tertiary/aromatic N) is 1. The van der Waals surface area contributed by atoms with Crippen molar-refractivity contribution in [3.8, 4) is 0 Å². The van der Waals surface area contributed by atoms with Gasteiger partial charge in [0.05, 0.1) is 11.1 Å². The van der Waals surface area contributed by atoms with Gasteiger partial charge in [0.2, 0.25) is 0 Å². The second-order valence-corrected chi connectivity index (χ2v) is 9.84. The lowest BCUT2D eigenvalue weighted by Gasteiger charge is -2.32. The first-order valence-corrected chi connectivity index (χ1v) is 11.9. The number of rotatable bonds is 6. The van der Waals surface area contributed by atoms with Crippen LogP contribution in [0.4, 0.5) is 5.69 Å². The van der Waals surface area contributed by atoms with Gasteiger partial charge in [-0.25, -0.2) is 4.79 Å². The molecule has 178 valence electrons. The Balaban J connectivity index is 1.53. The molecular formula is C28H25ClN2O4. The lowest BCUT2D eigenvalue weighted by atomic mass is 9.78. The highest BCUT2D eigenvalue weighted by atomic mass is 35.5. The highest BCUT2D eigenvalue weighted by Gasteiger charge is 2.53. The average molecular weight is 489 g/mol. The Morgan fingerprint density at radius 1 is 1.09 bits per heavy atom. The molecule has 1 aliphatic rings. The van der Waals surface area contributed by atoms with Gasteiger partial charge in [0.25, 0.3) is 5.91 Å². The Hall–Kier alpha value is -3.48. The number of aromatic nitrogens is 1. The van der Waals surface area contributed by atoms with Gasteiger partial charge in [0, 0.05) is 21.5 Å². The summed E-state index contributed by atoms with van der Waals surface area (Å²) in [6.45, 7) is 3.68. The van der Waals surface area contributed by atoms with Crippen molar-refractivity contribution in [1.82, 2.24) is 5.16 Å². The summed E-state index contributed by atoms with van der Waals surface area (Å²) in [5, 5.41) is 20.2. The van der Waals surface area contributed by atoms with E-state index < -0.39 is 22.5 Å². The van der Waals surface area contributed by atoms with E-state index in [1.807, 2.05) is 43.3 Å². The normalized spacial score (nSPS) is 16.0. The maximum atomic E-state index is 13.7. The van der Waals surface area contributed by atoms with Crippen LogP contribution in [-0.4, -0.2) is 16.2 Å². The fourth-order valence-corrected chi connectivity index (χ4v) is 5.09. The van der Waals surface area contributed by atoms with Crippen molar-refractivity contribution in [2.24, 2.45) is 0 Å². The van der Waals surface area contributed by atoms with Gasteiger partial charge < -0.3 is 14.9 Å². The molecule has 1 atom stereocenters. The summed E-state index contributed by atoms with van der Waals surface area (Å²) in [5.41, 5.74) is 0.721. The topological polar surface area (TPSA) is 92.4 Å². The minimum atomic E-state index is -1.80. The van der Waals surface area contributed by atoms with E-state index in [0.717, 1.165) is 24.0 Å². The summed E-state index contributed by atoms with van der Waals surface area (Å²) in [5.74, 6) is -0.549. The van der Waals surface area contributed by atoms with Gasteiger partial charge in [0.15, 0.2) is 5.60 Å². The van der Waals surface area contributed by atoms with Gasteiger partial charge in [-0.15, -0.1) is 0 Å². The Morgan fingerprint density at radius 2 is 1.80 bits per heavy atom. The summed E-state index contributed by atoms with van der Waals surface area (Å²) >= 11 is 6.52. The first kappa shape index (κ1) is 23.3. The summed E-state index contributed by atoms with van der Waals surface area (Å²) in [6, 6.07) is 19.8. The molecule has 1 aromatic heterocycles. The third kappa shape index (κ3) is 4.24. The minimum Gasteiger partial charge on any atom is -0.375 e. The number of benzene rings is 3. The van der Waals surface area contributed by atoms with Crippen LogP contribution in [0.15, 0.2) is 76.0 Å². The second kappa shape index (κ2) is 8.63. The minimum absolute atomic E-state index is 0.191. The highest BCUT2D eigenvalue weighted by molar-refractivity contribution is 6.31. The third-order valence-electron chi connectivity index (χ3n) is 6.95. The Labute approximate surface area is 207 Å². The molecule has 1 unspecified atom stereocenters. The smallest absolute Gasteiger partial charge is 0.366 e. The Bertz CT molecular complexity index is 1490. The second-order valence-electron chi connectivity index (χ2n) is 9.43. The molecule has 0 aliphatic heterocycles. The van der Waals surface area contributed by atoms with Crippen molar-refractivity contribution >= 4 is 34.0 Å². The zero-order valence-corrected chi connectivity index (χ0v) is 20.2. The predicted octanol–water partition coefficient (Wildman–Crippen LogP) is 5.41. The number of amides is 1. The molecule has 5 rings (SSSR count). The number of carbonyl (C=O) groups is 1. The molecule has 4 aromatic rings. The molecule has 1 amide bonds. The van der Waals surface area contributed by atoms with Gasteiger partial charge in [-0.1, -0.05) is 64.8 Å². The number of carbonyl (C=O) groups excluding carboxylic acids is 1. The molecule has 1 aliphatic carbocycles. The van der Waals surface area contributed by atoms with E-state index in [0.29, 0.717) is 32.7 Å². The third-order valence-corrected chi connectivity index (χ3v) is 7.28. The molecule has 7 heteroatoms. The van der Waals surface area contributed by atoms with E-state index in [1.54, 1.807) is 37.3 Å². The van der Waals surface area contributed by atoms with E-state index in [-0.39, 0.29) is 6.42 Å². The van der Waals surface area contributed by atoms with Crippen molar-refractivity contribution in [3.05, 3.63) is 105 Å². The van der Waals surface area contributed by atoms with Crippen molar-refractivity contribution in [3.63, 3.8) is 0 Å². The zero-order valence-electron chi connectivity index (χ0n) is 19.5. The summed E-state index contributed by atoms with van der Waals surface area (Å²) in [7, 11) is 0. The highest BCUT2D eigenvalue weighted by Crippen LogP contribution is 2.56. The van der Waals surface area contributed by atoms with Crippen LogP contribution >= 0.6 is 11.6 Å².